The van der Waals surface area contributed by atoms with Crippen LogP contribution in [0.15, 0.2) is 188 Å². The Labute approximate surface area is 306 Å². The van der Waals surface area contributed by atoms with Crippen molar-refractivity contribution in [1.29, 1.82) is 0 Å². The van der Waals surface area contributed by atoms with Gasteiger partial charge in [0.05, 0.1) is 22.4 Å². The fourth-order valence-electron chi connectivity index (χ4n) is 8.01. The van der Waals surface area contributed by atoms with E-state index in [1.165, 1.54) is 59.5 Å². The van der Waals surface area contributed by atoms with E-state index in [2.05, 4.69) is 193 Å². The van der Waals surface area contributed by atoms with E-state index in [9.17, 15) is 0 Å². The molecule has 0 radical (unpaired) electrons. The summed E-state index contributed by atoms with van der Waals surface area (Å²) in [6.45, 7) is 0. The lowest BCUT2D eigenvalue weighted by atomic mass is 10.0. The lowest BCUT2D eigenvalue weighted by Crippen LogP contribution is -1.97. The highest BCUT2D eigenvalue weighted by Gasteiger charge is 2.15. The minimum atomic E-state index is 0.707. The van der Waals surface area contributed by atoms with Crippen LogP contribution in [0.2, 0.25) is 0 Å². The van der Waals surface area contributed by atoms with Crippen LogP contribution in [0.5, 0.6) is 0 Å². The standard InChI is InChI=1S/C50H31N3/c1-3-11-34-25-40(20-17-32(34)9-1)46-31-47(41-21-18-33-10-2-4-12-35(33)26-41)52-50(51-46)42-22-19-39-28-43(24-23-38(39)27-42)53-48-16-8-7-15-44(48)45-29-36-13-5-6-14-37(36)30-49(45)53/h1-31H. The van der Waals surface area contributed by atoms with Crippen molar-refractivity contribution in [2.24, 2.45) is 0 Å². The number of aromatic nitrogens is 3. The smallest absolute Gasteiger partial charge is 0.160 e. The van der Waals surface area contributed by atoms with E-state index in [1.807, 2.05) is 0 Å². The Morgan fingerprint density at radius 1 is 0.302 bits per heavy atom. The maximum absolute atomic E-state index is 5.21. The number of hydrogen-bond acceptors (Lipinski definition) is 2. The molecule has 0 aliphatic rings. The highest BCUT2D eigenvalue weighted by Crippen LogP contribution is 2.37. The molecule has 0 amide bonds. The predicted molar refractivity (Wildman–Crippen MR) is 223 cm³/mol. The van der Waals surface area contributed by atoms with Crippen molar-refractivity contribution >= 4 is 64.9 Å². The summed E-state index contributed by atoms with van der Waals surface area (Å²) in [6.07, 6.45) is 0. The van der Waals surface area contributed by atoms with Crippen molar-refractivity contribution in [3.05, 3.63) is 188 Å². The highest BCUT2D eigenvalue weighted by atomic mass is 15.0. The number of fused-ring (bicyclic) bond motifs is 7. The Morgan fingerprint density at radius 3 is 1.45 bits per heavy atom. The van der Waals surface area contributed by atoms with Crippen LogP contribution in [-0.2, 0) is 0 Å². The van der Waals surface area contributed by atoms with E-state index < -0.39 is 0 Å². The summed E-state index contributed by atoms with van der Waals surface area (Å²) in [5.41, 5.74) is 8.47. The largest absolute Gasteiger partial charge is 0.309 e. The molecule has 0 aliphatic carbocycles. The Hall–Kier alpha value is -7.10. The molecule has 0 saturated heterocycles. The zero-order valence-electron chi connectivity index (χ0n) is 28.7. The molecule has 0 aliphatic heterocycles. The highest BCUT2D eigenvalue weighted by molar-refractivity contribution is 6.13. The first-order valence-corrected chi connectivity index (χ1v) is 18.1. The van der Waals surface area contributed by atoms with E-state index in [4.69, 9.17) is 9.97 Å². The molecule has 0 N–H and O–H groups in total. The third-order valence-electron chi connectivity index (χ3n) is 10.7. The minimum absolute atomic E-state index is 0.707. The molecule has 246 valence electrons. The van der Waals surface area contributed by atoms with Crippen LogP contribution >= 0.6 is 0 Å². The van der Waals surface area contributed by atoms with Crippen LogP contribution < -0.4 is 0 Å². The topological polar surface area (TPSA) is 30.7 Å². The molecule has 11 rings (SSSR count). The van der Waals surface area contributed by atoms with Gasteiger partial charge in [-0.3, -0.25) is 0 Å². The third kappa shape index (κ3) is 4.97. The molecule has 0 spiro atoms. The maximum atomic E-state index is 5.21. The van der Waals surface area contributed by atoms with Crippen LogP contribution in [0.4, 0.5) is 0 Å². The molecule has 3 nitrogen and oxygen atoms in total. The molecule has 2 aromatic heterocycles. The Morgan fingerprint density at radius 2 is 0.774 bits per heavy atom. The molecule has 0 unspecified atom stereocenters. The van der Waals surface area contributed by atoms with Crippen molar-refractivity contribution in [2.45, 2.75) is 0 Å². The summed E-state index contributed by atoms with van der Waals surface area (Å²) in [7, 11) is 0. The van der Waals surface area contributed by atoms with Crippen LogP contribution in [0.1, 0.15) is 0 Å². The van der Waals surface area contributed by atoms with Gasteiger partial charge in [-0.15, -0.1) is 0 Å². The molecule has 11 aromatic rings. The average molecular weight is 674 g/mol. The van der Waals surface area contributed by atoms with Gasteiger partial charge >= 0.3 is 0 Å². The second kappa shape index (κ2) is 11.7. The summed E-state index contributed by atoms with van der Waals surface area (Å²) in [5, 5.41) is 12.1. The van der Waals surface area contributed by atoms with Gasteiger partial charge in [0.1, 0.15) is 0 Å². The fraction of sp³-hybridized carbons (Fsp3) is 0. The van der Waals surface area contributed by atoms with Crippen molar-refractivity contribution < 1.29 is 0 Å². The molecule has 53 heavy (non-hydrogen) atoms. The van der Waals surface area contributed by atoms with E-state index in [-0.39, 0.29) is 0 Å². The van der Waals surface area contributed by atoms with Gasteiger partial charge in [0.2, 0.25) is 0 Å². The van der Waals surface area contributed by atoms with Gasteiger partial charge in [0, 0.05) is 33.2 Å². The molecule has 0 fully saturated rings. The Kier molecular flexibility index (Phi) is 6.55. The van der Waals surface area contributed by atoms with Gasteiger partial charge in [-0.25, -0.2) is 9.97 Å². The molecule has 9 aromatic carbocycles. The molecule has 0 saturated carbocycles. The number of nitrogens with zero attached hydrogens (tertiary/aromatic N) is 3. The number of hydrogen-bond donors (Lipinski definition) is 0. The van der Waals surface area contributed by atoms with E-state index >= 15 is 0 Å². The van der Waals surface area contributed by atoms with Gasteiger partial charge < -0.3 is 4.57 Å². The van der Waals surface area contributed by atoms with Crippen molar-refractivity contribution in [3.8, 4) is 39.6 Å². The number of benzene rings is 9. The third-order valence-corrected chi connectivity index (χ3v) is 10.7. The number of rotatable bonds is 4. The van der Waals surface area contributed by atoms with Crippen molar-refractivity contribution in [2.75, 3.05) is 0 Å². The Balaban J connectivity index is 1.06. The monoisotopic (exact) mass is 673 g/mol. The molecular weight excluding hydrogens is 643 g/mol. The predicted octanol–water partition coefficient (Wildman–Crippen LogP) is 13.2. The minimum Gasteiger partial charge on any atom is -0.309 e. The quantitative estimate of drug-likeness (QED) is 0.186. The fourth-order valence-corrected chi connectivity index (χ4v) is 8.01. The first kappa shape index (κ1) is 29.6. The van der Waals surface area contributed by atoms with E-state index in [1.54, 1.807) is 0 Å². The van der Waals surface area contributed by atoms with E-state index in [0.29, 0.717) is 5.82 Å². The maximum Gasteiger partial charge on any atom is 0.160 e. The number of para-hydroxylation sites is 1. The van der Waals surface area contributed by atoms with Crippen molar-refractivity contribution in [3.63, 3.8) is 0 Å². The Bertz CT molecular complexity index is 3150. The van der Waals surface area contributed by atoms with Gasteiger partial charge in [-0.05, 0) is 97.7 Å². The van der Waals surface area contributed by atoms with Crippen LogP contribution in [-0.4, -0.2) is 14.5 Å². The molecule has 0 bridgehead atoms. The zero-order chi connectivity index (χ0) is 34.9. The first-order valence-electron chi connectivity index (χ1n) is 18.1. The summed E-state index contributed by atoms with van der Waals surface area (Å²) in [5.74, 6) is 0.707. The van der Waals surface area contributed by atoms with Gasteiger partial charge in [0.25, 0.3) is 0 Å². The van der Waals surface area contributed by atoms with Crippen LogP contribution in [0.3, 0.4) is 0 Å². The van der Waals surface area contributed by atoms with Crippen LogP contribution in [0, 0.1) is 0 Å². The van der Waals surface area contributed by atoms with Crippen LogP contribution in [0.25, 0.3) is 104 Å². The van der Waals surface area contributed by atoms with Crippen molar-refractivity contribution in [1.82, 2.24) is 14.5 Å². The summed E-state index contributed by atoms with van der Waals surface area (Å²) in [6, 6.07) is 67.5. The summed E-state index contributed by atoms with van der Waals surface area (Å²) < 4.78 is 2.40. The average Bonchev–Trinajstić information content (AvgIpc) is 3.55. The summed E-state index contributed by atoms with van der Waals surface area (Å²) in [4.78, 5) is 10.4. The molecule has 0 atom stereocenters. The lowest BCUT2D eigenvalue weighted by molar-refractivity contribution is 1.18. The SMILES string of the molecule is c1ccc2cc(-c3cc(-c4ccc5ccccc5c4)nc(-c4ccc5cc(-n6c7ccccc7c7cc8ccccc8cc76)ccc5c4)n3)ccc2c1. The normalized spacial score (nSPS) is 11.8. The lowest BCUT2D eigenvalue weighted by Gasteiger charge is -2.12. The van der Waals surface area contributed by atoms with Gasteiger partial charge in [-0.2, -0.15) is 0 Å². The molecule has 2 heterocycles. The van der Waals surface area contributed by atoms with E-state index in [0.717, 1.165) is 39.2 Å². The van der Waals surface area contributed by atoms with Gasteiger partial charge in [-0.1, -0.05) is 133 Å². The summed E-state index contributed by atoms with van der Waals surface area (Å²) >= 11 is 0. The second-order valence-corrected chi connectivity index (χ2v) is 13.9. The molecule has 3 heteroatoms. The molecular formula is C50H31N3. The second-order valence-electron chi connectivity index (χ2n) is 13.9. The first-order chi connectivity index (χ1) is 26.2. The zero-order valence-corrected chi connectivity index (χ0v) is 28.7. The van der Waals surface area contributed by atoms with Gasteiger partial charge in [0.15, 0.2) is 5.82 Å².